The molecule has 0 spiro atoms. The Kier molecular flexibility index (Phi) is 4.19. The highest BCUT2D eigenvalue weighted by molar-refractivity contribution is 8.14. The second kappa shape index (κ2) is 6.48. The van der Waals surface area contributed by atoms with Crippen molar-refractivity contribution in [3.8, 4) is 5.75 Å². The summed E-state index contributed by atoms with van der Waals surface area (Å²) in [4.78, 5) is 12.0. The van der Waals surface area contributed by atoms with Gasteiger partial charge in [0, 0.05) is 23.6 Å². The molecule has 4 rings (SSSR count). The summed E-state index contributed by atoms with van der Waals surface area (Å²) in [5.41, 5.74) is 2.22. The third kappa shape index (κ3) is 2.67. The van der Waals surface area contributed by atoms with E-state index in [1.54, 1.807) is 0 Å². The molecular weight excluding hydrogens is 318 g/mol. The molecular formula is C19H21N3OS. The summed E-state index contributed by atoms with van der Waals surface area (Å²) < 4.78 is 5.90. The lowest BCUT2D eigenvalue weighted by molar-refractivity contribution is 0.292. The van der Waals surface area contributed by atoms with Crippen molar-refractivity contribution in [2.45, 2.75) is 31.2 Å². The van der Waals surface area contributed by atoms with E-state index >= 15 is 0 Å². The van der Waals surface area contributed by atoms with E-state index in [9.17, 15) is 0 Å². The van der Waals surface area contributed by atoms with Crippen molar-refractivity contribution >= 4 is 16.9 Å². The lowest BCUT2D eigenvalue weighted by Crippen LogP contribution is -2.29. The normalized spacial score (nSPS) is 25.5. The Morgan fingerprint density at radius 2 is 2.04 bits per heavy atom. The van der Waals surface area contributed by atoms with E-state index in [1.807, 2.05) is 43.1 Å². The zero-order valence-corrected chi connectivity index (χ0v) is 14.7. The minimum Gasteiger partial charge on any atom is -0.494 e. The molecule has 1 aromatic carbocycles. The van der Waals surface area contributed by atoms with E-state index in [0.29, 0.717) is 11.9 Å². The van der Waals surface area contributed by atoms with Gasteiger partial charge in [-0.25, -0.2) is 0 Å². The molecule has 2 aromatic rings. The van der Waals surface area contributed by atoms with Crippen molar-refractivity contribution in [3.63, 3.8) is 0 Å². The fourth-order valence-corrected chi connectivity index (χ4v) is 4.56. The number of amidine groups is 1. The van der Waals surface area contributed by atoms with Crippen molar-refractivity contribution in [2.75, 3.05) is 13.2 Å². The molecule has 0 aliphatic carbocycles. The van der Waals surface area contributed by atoms with Crippen LogP contribution >= 0.6 is 11.8 Å². The monoisotopic (exact) mass is 339 g/mol. The molecule has 24 heavy (non-hydrogen) atoms. The summed E-state index contributed by atoms with van der Waals surface area (Å²) >= 11 is 1.86. The highest BCUT2D eigenvalue weighted by Crippen LogP contribution is 2.49. The highest BCUT2D eigenvalue weighted by Gasteiger charge is 2.44. The van der Waals surface area contributed by atoms with Gasteiger partial charge in [-0.2, -0.15) is 0 Å². The predicted molar refractivity (Wildman–Crippen MR) is 98.5 cm³/mol. The van der Waals surface area contributed by atoms with E-state index in [4.69, 9.17) is 9.73 Å². The zero-order chi connectivity index (χ0) is 16.5. The number of benzene rings is 1. The van der Waals surface area contributed by atoms with Crippen LogP contribution in [0.2, 0.25) is 0 Å². The van der Waals surface area contributed by atoms with E-state index in [1.165, 1.54) is 5.56 Å². The third-order valence-electron chi connectivity index (χ3n) is 4.42. The number of para-hydroxylation sites is 1. The topological polar surface area (TPSA) is 37.7 Å². The molecule has 1 saturated heterocycles. The van der Waals surface area contributed by atoms with E-state index in [-0.39, 0.29) is 12.1 Å². The molecule has 1 aromatic heterocycles. The second-order valence-corrected chi connectivity index (χ2v) is 7.51. The number of rotatable bonds is 4. The molecule has 1 fully saturated rings. The first-order valence-corrected chi connectivity index (χ1v) is 9.29. The minimum atomic E-state index is 0.0165. The predicted octanol–water partition coefficient (Wildman–Crippen LogP) is 4.07. The Balaban J connectivity index is 1.79. The third-order valence-corrected chi connectivity index (χ3v) is 5.52. The van der Waals surface area contributed by atoms with Gasteiger partial charge in [0.15, 0.2) is 5.17 Å². The number of hydrogen-bond acceptors (Lipinski definition) is 5. The lowest BCUT2D eigenvalue weighted by Gasteiger charge is -2.28. The largest absolute Gasteiger partial charge is 0.494 e. The number of thioether (sulfide) groups is 1. The Bertz CT molecular complexity index is 749. The first-order chi connectivity index (χ1) is 11.8. The quantitative estimate of drug-likeness (QED) is 0.841. The van der Waals surface area contributed by atoms with Crippen LogP contribution in [0.5, 0.6) is 5.75 Å². The van der Waals surface area contributed by atoms with Crippen LogP contribution in [0, 0.1) is 0 Å². The maximum Gasteiger partial charge on any atom is 0.160 e. The molecule has 2 aliphatic heterocycles. The molecule has 124 valence electrons. The van der Waals surface area contributed by atoms with Gasteiger partial charge in [-0.1, -0.05) is 43.0 Å². The van der Waals surface area contributed by atoms with Gasteiger partial charge in [0.05, 0.1) is 18.3 Å². The maximum absolute atomic E-state index is 5.90. The van der Waals surface area contributed by atoms with Crippen molar-refractivity contribution in [1.82, 2.24) is 9.88 Å². The molecule has 3 unspecified atom stereocenters. The second-order valence-electron chi connectivity index (χ2n) is 6.11. The van der Waals surface area contributed by atoms with Gasteiger partial charge in [-0.3, -0.25) is 9.98 Å². The van der Waals surface area contributed by atoms with Crippen LogP contribution in [0.4, 0.5) is 0 Å². The van der Waals surface area contributed by atoms with Crippen LogP contribution < -0.4 is 4.74 Å². The number of fused-ring (bicyclic) bond motifs is 1. The Labute approximate surface area is 147 Å². The van der Waals surface area contributed by atoms with Crippen molar-refractivity contribution in [2.24, 2.45) is 4.99 Å². The van der Waals surface area contributed by atoms with E-state index in [2.05, 4.69) is 41.1 Å². The summed E-state index contributed by atoms with van der Waals surface area (Å²) in [6.45, 7) is 5.96. The highest BCUT2D eigenvalue weighted by atomic mass is 32.2. The summed E-state index contributed by atoms with van der Waals surface area (Å²) in [5, 5.41) is 1.70. The number of aliphatic imine (C=N–C) groups is 1. The fourth-order valence-electron chi connectivity index (χ4n) is 3.47. The van der Waals surface area contributed by atoms with Crippen LogP contribution in [0.15, 0.2) is 53.7 Å². The molecule has 0 N–H and O–H groups in total. The van der Waals surface area contributed by atoms with Gasteiger partial charge in [0.25, 0.3) is 0 Å². The number of hydrogen-bond donors (Lipinski definition) is 0. The number of aromatic nitrogens is 1. The molecule has 0 amide bonds. The zero-order valence-electron chi connectivity index (χ0n) is 13.9. The number of ether oxygens (including phenoxy) is 1. The summed E-state index contributed by atoms with van der Waals surface area (Å²) in [6, 6.07) is 14.6. The van der Waals surface area contributed by atoms with Gasteiger partial charge < -0.3 is 9.64 Å². The van der Waals surface area contributed by atoms with Crippen LogP contribution in [0.1, 0.15) is 37.2 Å². The van der Waals surface area contributed by atoms with Crippen LogP contribution in [-0.4, -0.2) is 33.5 Å². The van der Waals surface area contributed by atoms with Gasteiger partial charge in [0.1, 0.15) is 11.8 Å². The average Bonchev–Trinajstić information content (AvgIpc) is 3.12. The van der Waals surface area contributed by atoms with Crippen molar-refractivity contribution in [1.29, 1.82) is 0 Å². The first-order valence-electron chi connectivity index (χ1n) is 8.41. The molecule has 3 atom stereocenters. The van der Waals surface area contributed by atoms with Crippen molar-refractivity contribution in [3.05, 3.63) is 59.9 Å². The van der Waals surface area contributed by atoms with Gasteiger partial charge in [-0.05, 0) is 25.1 Å². The number of pyridine rings is 1. The lowest BCUT2D eigenvalue weighted by atomic mass is 9.95. The first kappa shape index (κ1) is 15.5. The molecule has 0 radical (unpaired) electrons. The molecule has 5 heteroatoms. The van der Waals surface area contributed by atoms with Crippen LogP contribution in [-0.2, 0) is 0 Å². The number of nitrogens with zero attached hydrogens (tertiary/aromatic N) is 3. The summed E-state index contributed by atoms with van der Waals surface area (Å²) in [6.07, 6.45) is 1.85. The maximum atomic E-state index is 5.90. The van der Waals surface area contributed by atoms with E-state index < -0.39 is 0 Å². The SMILES string of the molecule is CCOc1ccccc1C1C(c2ccccn2)N=C2SC(C)CN21. The molecule has 4 nitrogen and oxygen atoms in total. The molecule has 0 bridgehead atoms. The summed E-state index contributed by atoms with van der Waals surface area (Å²) in [7, 11) is 0. The van der Waals surface area contributed by atoms with Gasteiger partial charge >= 0.3 is 0 Å². The van der Waals surface area contributed by atoms with Crippen LogP contribution in [0.3, 0.4) is 0 Å². The smallest absolute Gasteiger partial charge is 0.160 e. The minimum absolute atomic E-state index is 0.0165. The Hall–Kier alpha value is -2.01. The van der Waals surface area contributed by atoms with Crippen LogP contribution in [0.25, 0.3) is 0 Å². The van der Waals surface area contributed by atoms with Crippen molar-refractivity contribution < 1.29 is 4.74 Å². The van der Waals surface area contributed by atoms with Gasteiger partial charge in [0.2, 0.25) is 0 Å². The molecule has 0 saturated carbocycles. The Morgan fingerprint density at radius 1 is 1.21 bits per heavy atom. The van der Waals surface area contributed by atoms with Gasteiger partial charge in [-0.15, -0.1) is 0 Å². The average molecular weight is 339 g/mol. The standard InChI is InChI=1S/C19H21N3OS/c1-3-23-16-10-5-4-8-14(16)18-17(15-9-6-7-11-20-15)21-19-22(18)12-13(2)24-19/h4-11,13,17-18H,3,12H2,1-2H3. The van der Waals surface area contributed by atoms with E-state index in [0.717, 1.165) is 23.2 Å². The molecule has 3 heterocycles. The molecule has 2 aliphatic rings. The summed E-state index contributed by atoms with van der Waals surface area (Å²) in [5.74, 6) is 0.951. The fraction of sp³-hybridized carbons (Fsp3) is 0.368. The Morgan fingerprint density at radius 3 is 2.83 bits per heavy atom.